The Morgan fingerprint density at radius 2 is 1.84 bits per heavy atom. The van der Waals surface area contributed by atoms with E-state index in [0.717, 1.165) is 16.9 Å². The molecule has 6 nitrogen and oxygen atoms in total. The van der Waals surface area contributed by atoms with Crippen molar-refractivity contribution < 1.29 is 14.7 Å². The van der Waals surface area contributed by atoms with Crippen LogP contribution in [0.3, 0.4) is 0 Å². The molecule has 2 unspecified atom stereocenters. The van der Waals surface area contributed by atoms with Gasteiger partial charge in [0.15, 0.2) is 5.69 Å². The summed E-state index contributed by atoms with van der Waals surface area (Å²) in [5, 5.41) is 13.7. The molecule has 0 radical (unpaired) electrons. The first-order valence-corrected chi connectivity index (χ1v) is 8.54. The highest BCUT2D eigenvalue weighted by Gasteiger charge is 2.34. The third kappa shape index (κ3) is 3.43. The average molecular weight is 341 g/mol. The van der Waals surface area contributed by atoms with E-state index >= 15 is 0 Å². The maximum Gasteiger partial charge on any atom is 0.308 e. The van der Waals surface area contributed by atoms with Crippen molar-refractivity contribution in [1.82, 2.24) is 14.7 Å². The number of rotatable bonds is 3. The summed E-state index contributed by atoms with van der Waals surface area (Å²) < 4.78 is 1.75. The van der Waals surface area contributed by atoms with Crippen LogP contribution in [0.15, 0.2) is 30.3 Å². The molecule has 132 valence electrons. The molecule has 0 aliphatic carbocycles. The number of aryl methyl sites for hydroxylation is 2. The van der Waals surface area contributed by atoms with Gasteiger partial charge in [-0.2, -0.15) is 5.10 Å². The molecule has 1 aliphatic heterocycles. The molecule has 1 aromatic carbocycles. The lowest BCUT2D eigenvalue weighted by atomic mass is 9.93. The second-order valence-electron chi connectivity index (χ2n) is 6.84. The molecule has 3 rings (SSSR count). The van der Waals surface area contributed by atoms with Crippen LogP contribution in [0, 0.1) is 19.8 Å². The van der Waals surface area contributed by atoms with Crippen LogP contribution in [0.25, 0.3) is 5.69 Å². The van der Waals surface area contributed by atoms with Crippen molar-refractivity contribution in [2.75, 3.05) is 6.54 Å². The Bertz CT molecular complexity index is 795. The molecule has 6 heteroatoms. The van der Waals surface area contributed by atoms with Crippen molar-refractivity contribution >= 4 is 11.9 Å². The van der Waals surface area contributed by atoms with Crippen LogP contribution in [-0.2, 0) is 4.79 Å². The maximum atomic E-state index is 12.9. The zero-order chi connectivity index (χ0) is 18.1. The van der Waals surface area contributed by atoms with Crippen molar-refractivity contribution in [3.05, 3.63) is 47.3 Å². The van der Waals surface area contributed by atoms with Crippen LogP contribution in [0.4, 0.5) is 0 Å². The number of carboxylic acids is 1. The van der Waals surface area contributed by atoms with Crippen LogP contribution in [0.1, 0.15) is 41.5 Å². The Hall–Kier alpha value is -2.63. The van der Waals surface area contributed by atoms with Gasteiger partial charge in [-0.05, 0) is 51.8 Å². The lowest BCUT2D eigenvalue weighted by Gasteiger charge is -2.36. The number of carbonyl (C=O) groups excluding carboxylic acids is 1. The van der Waals surface area contributed by atoms with Gasteiger partial charge in [-0.3, -0.25) is 9.59 Å². The smallest absolute Gasteiger partial charge is 0.308 e. The average Bonchev–Trinajstić information content (AvgIpc) is 2.97. The molecule has 25 heavy (non-hydrogen) atoms. The summed E-state index contributed by atoms with van der Waals surface area (Å²) in [6.07, 6.45) is 1.30. The largest absolute Gasteiger partial charge is 0.481 e. The van der Waals surface area contributed by atoms with Crippen molar-refractivity contribution in [1.29, 1.82) is 0 Å². The molecule has 2 atom stereocenters. The summed E-state index contributed by atoms with van der Waals surface area (Å²) >= 11 is 0. The fourth-order valence-corrected chi connectivity index (χ4v) is 3.26. The summed E-state index contributed by atoms with van der Waals surface area (Å²) in [5.41, 5.74) is 3.28. The van der Waals surface area contributed by atoms with E-state index in [1.54, 1.807) is 15.6 Å². The van der Waals surface area contributed by atoms with Gasteiger partial charge >= 0.3 is 5.97 Å². The number of hydrogen-bond acceptors (Lipinski definition) is 3. The molecule has 1 N–H and O–H groups in total. The van der Waals surface area contributed by atoms with Gasteiger partial charge in [0.1, 0.15) is 0 Å². The van der Waals surface area contributed by atoms with Gasteiger partial charge < -0.3 is 10.0 Å². The SMILES string of the molecule is Cc1ccc(-n2nc(C(=O)N3CC(C(=O)O)CCC3C)cc2C)cc1. The first kappa shape index (κ1) is 17.2. The lowest BCUT2D eigenvalue weighted by Crippen LogP contribution is -2.47. The normalized spacial score (nSPS) is 20.5. The van der Waals surface area contributed by atoms with Crippen LogP contribution >= 0.6 is 0 Å². The van der Waals surface area contributed by atoms with Crippen molar-refractivity contribution in [3.8, 4) is 5.69 Å². The van der Waals surface area contributed by atoms with E-state index in [9.17, 15) is 14.7 Å². The second-order valence-corrected chi connectivity index (χ2v) is 6.84. The number of carboxylic acid groups (broad SMARTS) is 1. The Balaban J connectivity index is 1.86. The molecular formula is C19H23N3O3. The number of aromatic nitrogens is 2. The van der Waals surface area contributed by atoms with Gasteiger partial charge in [-0.1, -0.05) is 17.7 Å². The lowest BCUT2D eigenvalue weighted by molar-refractivity contribution is -0.143. The fourth-order valence-electron chi connectivity index (χ4n) is 3.26. The van der Waals surface area contributed by atoms with Crippen LogP contribution in [0.2, 0.25) is 0 Å². The Labute approximate surface area is 147 Å². The van der Waals surface area contributed by atoms with Gasteiger partial charge in [0.05, 0.1) is 11.6 Å². The zero-order valence-corrected chi connectivity index (χ0v) is 14.8. The number of nitrogens with zero attached hydrogens (tertiary/aromatic N) is 3. The van der Waals surface area contributed by atoms with Crippen molar-refractivity contribution in [2.24, 2.45) is 5.92 Å². The topological polar surface area (TPSA) is 75.4 Å². The van der Waals surface area contributed by atoms with Crippen LogP contribution in [0.5, 0.6) is 0 Å². The minimum absolute atomic E-state index is 0.0212. The first-order chi connectivity index (χ1) is 11.9. The van der Waals surface area contributed by atoms with Crippen LogP contribution < -0.4 is 0 Å². The standard InChI is InChI=1S/C19H23N3O3/c1-12-4-8-16(9-5-12)22-14(3)10-17(20-22)18(23)21-11-15(19(24)25)7-6-13(21)2/h4-5,8-10,13,15H,6-7,11H2,1-3H3,(H,24,25). The molecule has 0 spiro atoms. The molecule has 1 saturated heterocycles. The molecule has 1 aliphatic rings. The molecule has 2 heterocycles. The minimum Gasteiger partial charge on any atom is -0.481 e. The number of likely N-dealkylation sites (tertiary alicyclic amines) is 1. The molecule has 1 fully saturated rings. The number of benzene rings is 1. The minimum atomic E-state index is -0.842. The summed E-state index contributed by atoms with van der Waals surface area (Å²) in [7, 11) is 0. The van der Waals surface area contributed by atoms with E-state index in [2.05, 4.69) is 5.10 Å². The number of piperidine rings is 1. The van der Waals surface area contributed by atoms with Gasteiger partial charge in [0.2, 0.25) is 0 Å². The van der Waals surface area contributed by atoms with Gasteiger partial charge in [0, 0.05) is 18.3 Å². The van der Waals surface area contributed by atoms with Gasteiger partial charge in [0.25, 0.3) is 5.91 Å². The number of carbonyl (C=O) groups is 2. The van der Waals surface area contributed by atoms with E-state index < -0.39 is 11.9 Å². The van der Waals surface area contributed by atoms with Crippen LogP contribution in [-0.4, -0.2) is 44.3 Å². The highest BCUT2D eigenvalue weighted by Crippen LogP contribution is 2.24. The first-order valence-electron chi connectivity index (χ1n) is 8.54. The molecular weight excluding hydrogens is 318 g/mol. The predicted octanol–water partition coefficient (Wildman–Crippen LogP) is 2.81. The predicted molar refractivity (Wildman–Crippen MR) is 93.9 cm³/mol. The Morgan fingerprint density at radius 3 is 2.48 bits per heavy atom. The van der Waals surface area contributed by atoms with Gasteiger partial charge in [-0.25, -0.2) is 4.68 Å². The molecule has 0 bridgehead atoms. The Kier molecular flexibility index (Phi) is 4.61. The quantitative estimate of drug-likeness (QED) is 0.931. The number of hydrogen-bond donors (Lipinski definition) is 1. The Morgan fingerprint density at radius 1 is 1.16 bits per heavy atom. The van der Waals surface area contributed by atoms with Crippen molar-refractivity contribution in [3.63, 3.8) is 0 Å². The second kappa shape index (κ2) is 6.70. The summed E-state index contributed by atoms with van der Waals surface area (Å²) in [6.45, 7) is 6.13. The molecule has 2 aromatic rings. The fraction of sp³-hybridized carbons (Fsp3) is 0.421. The number of amides is 1. The number of aliphatic carboxylic acids is 1. The summed E-state index contributed by atoms with van der Waals surface area (Å²) in [4.78, 5) is 25.8. The monoisotopic (exact) mass is 341 g/mol. The van der Waals surface area contributed by atoms with Gasteiger partial charge in [-0.15, -0.1) is 0 Å². The highest BCUT2D eigenvalue weighted by molar-refractivity contribution is 5.93. The van der Waals surface area contributed by atoms with Crippen molar-refractivity contribution in [2.45, 2.75) is 39.7 Å². The highest BCUT2D eigenvalue weighted by atomic mass is 16.4. The molecule has 0 saturated carbocycles. The van der Waals surface area contributed by atoms with E-state index in [1.807, 2.05) is 45.0 Å². The summed E-state index contributed by atoms with van der Waals surface area (Å²) in [6, 6.07) is 9.72. The molecule has 1 amide bonds. The molecule has 1 aromatic heterocycles. The zero-order valence-electron chi connectivity index (χ0n) is 14.8. The third-order valence-electron chi connectivity index (χ3n) is 4.88. The van der Waals surface area contributed by atoms with E-state index in [4.69, 9.17) is 0 Å². The third-order valence-corrected chi connectivity index (χ3v) is 4.88. The van der Waals surface area contributed by atoms with E-state index in [0.29, 0.717) is 18.5 Å². The van der Waals surface area contributed by atoms with E-state index in [1.165, 1.54) is 0 Å². The summed E-state index contributed by atoms with van der Waals surface area (Å²) in [5.74, 6) is -1.54. The van der Waals surface area contributed by atoms with E-state index in [-0.39, 0.29) is 18.5 Å². The maximum absolute atomic E-state index is 12.9.